The number of esters is 1. The highest BCUT2D eigenvalue weighted by atomic mass is 35.5. The van der Waals surface area contributed by atoms with Crippen LogP contribution in [0.15, 0.2) is 6.20 Å². The van der Waals surface area contributed by atoms with Gasteiger partial charge in [-0.15, -0.1) is 12.4 Å². The number of unbranched alkanes of at least 4 members (excludes halogenated alkanes) is 1. The van der Waals surface area contributed by atoms with E-state index >= 15 is 0 Å². The van der Waals surface area contributed by atoms with Crippen molar-refractivity contribution in [2.75, 3.05) is 13.2 Å². The Balaban J connectivity index is 0.00000192. The Morgan fingerprint density at radius 2 is 2.26 bits per heavy atom. The number of H-pyrrole nitrogens is 1. The van der Waals surface area contributed by atoms with Crippen molar-refractivity contribution in [3.05, 3.63) is 23.1 Å². The number of carbonyl (C=O) groups excluding carboxylic acids is 1. The van der Waals surface area contributed by atoms with Crippen LogP contribution >= 0.6 is 12.4 Å². The number of hydrogen-bond donors (Lipinski definition) is 2. The highest BCUT2D eigenvalue weighted by Crippen LogP contribution is 2.33. The van der Waals surface area contributed by atoms with Gasteiger partial charge in [0, 0.05) is 23.4 Å². The molecule has 2 heterocycles. The van der Waals surface area contributed by atoms with Crippen molar-refractivity contribution in [2.45, 2.75) is 39.2 Å². The van der Waals surface area contributed by atoms with Gasteiger partial charge in [0.05, 0.1) is 18.5 Å². The van der Waals surface area contributed by atoms with Crippen molar-refractivity contribution in [3.8, 4) is 11.3 Å². The molecule has 0 unspecified atom stereocenters. The number of aromatic amines is 1. The van der Waals surface area contributed by atoms with Crippen molar-refractivity contribution < 1.29 is 9.53 Å². The molecule has 2 aromatic heterocycles. The van der Waals surface area contributed by atoms with Crippen LogP contribution in [0.2, 0.25) is 0 Å². The molecule has 0 fully saturated rings. The topological polar surface area (TPSA) is 98.8 Å². The van der Waals surface area contributed by atoms with Crippen LogP contribution in [0, 0.1) is 0 Å². The number of nitrogens with zero attached hydrogens (tertiary/aromatic N) is 3. The van der Waals surface area contributed by atoms with Crippen LogP contribution in [0.3, 0.4) is 0 Å². The highest BCUT2D eigenvalue weighted by molar-refractivity contribution is 5.92. The lowest BCUT2D eigenvalue weighted by atomic mass is 9.94. The molecule has 0 aromatic carbocycles. The third kappa shape index (κ3) is 3.25. The minimum atomic E-state index is -0.295. The van der Waals surface area contributed by atoms with Crippen LogP contribution in [0.5, 0.6) is 0 Å². The molecule has 1 aliphatic rings. The second kappa shape index (κ2) is 7.61. The standard InChI is InChI=1S/C15H21N5O2.ClH/c1-2-22-15(21)14-10-5-6-12-11(9-17-18-12)13(10)19-20(14)8-4-3-7-16;/h9H,2-8,16H2,1H3,(H,17,18);1H. The van der Waals surface area contributed by atoms with Gasteiger partial charge in [-0.25, -0.2) is 4.79 Å². The molecule has 7 nitrogen and oxygen atoms in total. The average Bonchev–Trinajstić information content (AvgIpc) is 3.10. The lowest BCUT2D eigenvalue weighted by Crippen LogP contribution is -2.16. The molecular weight excluding hydrogens is 318 g/mol. The predicted molar refractivity (Wildman–Crippen MR) is 88.7 cm³/mol. The van der Waals surface area contributed by atoms with Crippen molar-refractivity contribution in [3.63, 3.8) is 0 Å². The first-order valence-electron chi connectivity index (χ1n) is 7.75. The minimum absolute atomic E-state index is 0. The Morgan fingerprint density at radius 3 is 3.00 bits per heavy atom. The maximum atomic E-state index is 12.4. The molecular formula is C15H22ClN5O2. The van der Waals surface area contributed by atoms with Gasteiger partial charge in [0.1, 0.15) is 5.69 Å². The number of ether oxygens (including phenoxy) is 1. The quantitative estimate of drug-likeness (QED) is 0.616. The smallest absolute Gasteiger partial charge is 0.356 e. The second-order valence-corrected chi connectivity index (χ2v) is 5.38. The summed E-state index contributed by atoms with van der Waals surface area (Å²) < 4.78 is 7.00. The number of aryl methyl sites for hydroxylation is 2. The summed E-state index contributed by atoms with van der Waals surface area (Å²) >= 11 is 0. The van der Waals surface area contributed by atoms with Gasteiger partial charge in [0.25, 0.3) is 0 Å². The van der Waals surface area contributed by atoms with Crippen LogP contribution in [-0.4, -0.2) is 39.1 Å². The van der Waals surface area contributed by atoms with E-state index in [0.717, 1.165) is 48.2 Å². The summed E-state index contributed by atoms with van der Waals surface area (Å²) in [5.74, 6) is -0.295. The van der Waals surface area contributed by atoms with Gasteiger partial charge >= 0.3 is 5.97 Å². The Morgan fingerprint density at radius 1 is 1.43 bits per heavy atom. The Kier molecular flexibility index (Phi) is 5.79. The maximum Gasteiger partial charge on any atom is 0.356 e. The largest absolute Gasteiger partial charge is 0.461 e. The van der Waals surface area contributed by atoms with Gasteiger partial charge in [-0.2, -0.15) is 10.2 Å². The summed E-state index contributed by atoms with van der Waals surface area (Å²) in [7, 11) is 0. The predicted octanol–water partition coefficient (Wildman–Crippen LogP) is 1.71. The summed E-state index contributed by atoms with van der Waals surface area (Å²) in [5, 5.41) is 11.7. The summed E-state index contributed by atoms with van der Waals surface area (Å²) in [4.78, 5) is 12.4. The van der Waals surface area contributed by atoms with E-state index in [4.69, 9.17) is 10.5 Å². The molecule has 0 saturated carbocycles. The first-order chi connectivity index (χ1) is 10.8. The summed E-state index contributed by atoms with van der Waals surface area (Å²) in [6.45, 7) is 3.49. The zero-order valence-corrected chi connectivity index (χ0v) is 14.0. The van der Waals surface area contributed by atoms with E-state index in [0.29, 0.717) is 25.4 Å². The van der Waals surface area contributed by atoms with Crippen LogP contribution in [0.25, 0.3) is 11.3 Å². The average molecular weight is 340 g/mol. The Bertz CT molecular complexity index is 679. The van der Waals surface area contributed by atoms with E-state index in [1.54, 1.807) is 10.9 Å². The monoisotopic (exact) mass is 339 g/mol. The summed E-state index contributed by atoms with van der Waals surface area (Å²) in [6.07, 6.45) is 5.18. The molecule has 3 N–H and O–H groups in total. The van der Waals surface area contributed by atoms with E-state index in [1.807, 2.05) is 6.92 Å². The third-order valence-electron chi connectivity index (χ3n) is 3.94. The Labute approximate surface area is 141 Å². The van der Waals surface area contributed by atoms with E-state index in [1.165, 1.54) is 0 Å². The molecule has 0 saturated heterocycles. The summed E-state index contributed by atoms with van der Waals surface area (Å²) in [6, 6.07) is 0. The molecule has 0 radical (unpaired) electrons. The number of aromatic nitrogens is 4. The van der Waals surface area contributed by atoms with E-state index < -0.39 is 0 Å². The Hall–Kier alpha value is -1.86. The van der Waals surface area contributed by atoms with Crippen LogP contribution in [-0.2, 0) is 24.1 Å². The van der Waals surface area contributed by atoms with Gasteiger partial charge in [-0.1, -0.05) is 0 Å². The van der Waals surface area contributed by atoms with Crippen LogP contribution in [0.4, 0.5) is 0 Å². The molecule has 0 amide bonds. The van der Waals surface area contributed by atoms with Gasteiger partial charge in [0.15, 0.2) is 0 Å². The second-order valence-electron chi connectivity index (χ2n) is 5.38. The zero-order chi connectivity index (χ0) is 15.5. The zero-order valence-electron chi connectivity index (χ0n) is 13.2. The van der Waals surface area contributed by atoms with Gasteiger partial charge in [-0.05, 0) is 39.2 Å². The fraction of sp³-hybridized carbons (Fsp3) is 0.533. The molecule has 23 heavy (non-hydrogen) atoms. The van der Waals surface area contributed by atoms with E-state index in [9.17, 15) is 4.79 Å². The van der Waals surface area contributed by atoms with Gasteiger partial charge in [-0.3, -0.25) is 9.78 Å². The number of nitrogens with one attached hydrogen (secondary N) is 1. The molecule has 0 aliphatic heterocycles. The number of rotatable bonds is 6. The van der Waals surface area contributed by atoms with Crippen LogP contribution < -0.4 is 5.73 Å². The van der Waals surface area contributed by atoms with Crippen molar-refractivity contribution in [2.24, 2.45) is 5.73 Å². The lowest BCUT2D eigenvalue weighted by molar-refractivity contribution is 0.0510. The van der Waals surface area contributed by atoms with Crippen LogP contribution in [0.1, 0.15) is 41.5 Å². The molecule has 0 atom stereocenters. The fourth-order valence-electron chi connectivity index (χ4n) is 2.91. The lowest BCUT2D eigenvalue weighted by Gasteiger charge is -2.11. The molecule has 2 aromatic rings. The number of hydrogen-bond acceptors (Lipinski definition) is 5. The van der Waals surface area contributed by atoms with Gasteiger partial charge in [0.2, 0.25) is 0 Å². The maximum absolute atomic E-state index is 12.4. The molecule has 1 aliphatic carbocycles. The summed E-state index contributed by atoms with van der Waals surface area (Å²) in [5.41, 5.74) is 10.0. The van der Waals surface area contributed by atoms with Gasteiger partial charge < -0.3 is 10.5 Å². The first kappa shape index (κ1) is 17.5. The molecule has 8 heteroatoms. The van der Waals surface area contributed by atoms with E-state index in [2.05, 4.69) is 15.3 Å². The molecule has 0 bridgehead atoms. The highest BCUT2D eigenvalue weighted by Gasteiger charge is 2.29. The fourth-order valence-corrected chi connectivity index (χ4v) is 2.91. The van der Waals surface area contributed by atoms with E-state index in [-0.39, 0.29) is 18.4 Å². The number of nitrogens with two attached hydrogens (primary N) is 1. The van der Waals surface area contributed by atoms with Crippen molar-refractivity contribution in [1.29, 1.82) is 0 Å². The number of halogens is 1. The molecule has 126 valence electrons. The first-order valence-corrected chi connectivity index (χ1v) is 7.75. The normalized spacial score (nSPS) is 12.3. The number of carbonyl (C=O) groups is 1. The SMILES string of the molecule is CCOC(=O)c1c2c(nn1CCCCN)-c1cn[nH]c1CC2.Cl. The molecule has 3 rings (SSSR count). The minimum Gasteiger partial charge on any atom is -0.461 e. The molecule has 0 spiro atoms. The van der Waals surface area contributed by atoms with Crippen molar-refractivity contribution >= 4 is 18.4 Å². The van der Waals surface area contributed by atoms with Crippen molar-refractivity contribution in [1.82, 2.24) is 20.0 Å². The third-order valence-corrected chi connectivity index (χ3v) is 3.94. The number of fused-ring (bicyclic) bond motifs is 3.